The van der Waals surface area contributed by atoms with Crippen molar-refractivity contribution in [1.82, 2.24) is 9.29 Å². The molecule has 1 aliphatic rings. The normalized spacial score (nSPS) is 15.9. The van der Waals surface area contributed by atoms with Crippen molar-refractivity contribution in [2.24, 2.45) is 0 Å². The molecule has 0 N–H and O–H groups in total. The van der Waals surface area contributed by atoms with Crippen molar-refractivity contribution in [1.29, 1.82) is 0 Å². The summed E-state index contributed by atoms with van der Waals surface area (Å²) in [7, 11) is -3.43. The Labute approximate surface area is 149 Å². The lowest BCUT2D eigenvalue weighted by Crippen LogP contribution is -2.27. The van der Waals surface area contributed by atoms with E-state index in [0.29, 0.717) is 28.2 Å². The molecule has 2 aromatic rings. The van der Waals surface area contributed by atoms with Crippen molar-refractivity contribution in [3.8, 4) is 0 Å². The maximum absolute atomic E-state index is 12.4. The molecule has 1 aromatic heterocycles. The second-order valence-corrected chi connectivity index (χ2v) is 8.96. The molecule has 0 bridgehead atoms. The van der Waals surface area contributed by atoms with E-state index in [4.69, 9.17) is 23.2 Å². The summed E-state index contributed by atoms with van der Waals surface area (Å²) >= 11 is 13.4. The van der Waals surface area contributed by atoms with E-state index in [1.54, 1.807) is 30.3 Å². The molecular weight excluding hydrogens is 375 g/mol. The third-order valence-corrected chi connectivity index (χ3v) is 7.09. The number of aromatic nitrogens is 1. The molecule has 23 heavy (non-hydrogen) atoms. The lowest BCUT2D eigenvalue weighted by Gasteiger charge is -2.15. The molecule has 4 nitrogen and oxygen atoms in total. The first-order valence-electron chi connectivity index (χ1n) is 7.06. The van der Waals surface area contributed by atoms with Crippen molar-refractivity contribution < 1.29 is 8.42 Å². The lowest BCUT2D eigenvalue weighted by molar-refractivity contribution is 0.477. The maximum atomic E-state index is 12.4. The topological polar surface area (TPSA) is 50.3 Å². The van der Waals surface area contributed by atoms with Crippen LogP contribution in [0, 0.1) is 0 Å². The van der Waals surface area contributed by atoms with Crippen LogP contribution in [0.25, 0.3) is 0 Å². The number of halogens is 2. The highest BCUT2D eigenvalue weighted by Crippen LogP contribution is 2.34. The van der Waals surface area contributed by atoms with E-state index in [9.17, 15) is 8.42 Å². The second-order valence-electron chi connectivity index (χ2n) is 5.12. The number of benzene rings is 1. The number of hydrogen-bond donors (Lipinski definition) is 0. The third kappa shape index (κ3) is 3.83. The van der Waals surface area contributed by atoms with Crippen LogP contribution in [-0.4, -0.2) is 30.8 Å². The number of sulfonamides is 1. The van der Waals surface area contributed by atoms with Gasteiger partial charge in [-0.05, 0) is 43.2 Å². The SMILES string of the molecule is O=S(=O)(c1ccc(Sc2cc(Cl)ccc2Cl)nc1)N1CCCC1. The van der Waals surface area contributed by atoms with Gasteiger partial charge in [0.15, 0.2) is 0 Å². The summed E-state index contributed by atoms with van der Waals surface area (Å²) in [6.45, 7) is 1.16. The molecule has 0 amide bonds. The Morgan fingerprint density at radius 1 is 1.09 bits per heavy atom. The van der Waals surface area contributed by atoms with Crippen LogP contribution in [0.4, 0.5) is 0 Å². The molecule has 8 heteroatoms. The van der Waals surface area contributed by atoms with E-state index >= 15 is 0 Å². The Kier molecular flexibility index (Phi) is 5.18. The standard InChI is InChI=1S/C15H14Cl2N2O2S2/c16-11-3-5-13(17)14(9-11)22-15-6-4-12(10-18-15)23(20,21)19-7-1-2-8-19/h3-6,9-10H,1-2,7-8H2. The highest BCUT2D eigenvalue weighted by Gasteiger charge is 2.27. The predicted octanol–water partition coefficient (Wildman–Crippen LogP) is 4.32. The van der Waals surface area contributed by atoms with Crippen molar-refractivity contribution >= 4 is 45.0 Å². The molecule has 3 rings (SSSR count). The van der Waals surface area contributed by atoms with E-state index < -0.39 is 10.0 Å². The molecule has 0 aliphatic carbocycles. The van der Waals surface area contributed by atoms with Gasteiger partial charge in [-0.25, -0.2) is 13.4 Å². The Morgan fingerprint density at radius 2 is 1.83 bits per heavy atom. The highest BCUT2D eigenvalue weighted by atomic mass is 35.5. The van der Waals surface area contributed by atoms with Gasteiger partial charge in [0.1, 0.15) is 9.92 Å². The van der Waals surface area contributed by atoms with Crippen LogP contribution in [0.3, 0.4) is 0 Å². The van der Waals surface area contributed by atoms with Crippen molar-refractivity contribution in [3.05, 3.63) is 46.6 Å². The minimum Gasteiger partial charge on any atom is -0.248 e. The van der Waals surface area contributed by atoms with Gasteiger partial charge in [-0.3, -0.25) is 0 Å². The smallest absolute Gasteiger partial charge is 0.244 e. The minimum absolute atomic E-state index is 0.223. The zero-order chi connectivity index (χ0) is 16.4. The first kappa shape index (κ1) is 17.0. The van der Waals surface area contributed by atoms with Crippen LogP contribution in [-0.2, 0) is 10.0 Å². The van der Waals surface area contributed by atoms with Crippen LogP contribution in [0.1, 0.15) is 12.8 Å². The van der Waals surface area contributed by atoms with Gasteiger partial charge >= 0.3 is 0 Å². The highest BCUT2D eigenvalue weighted by molar-refractivity contribution is 7.99. The Balaban J connectivity index is 1.81. The van der Waals surface area contributed by atoms with Crippen LogP contribution < -0.4 is 0 Å². The molecular formula is C15H14Cl2N2O2S2. The quantitative estimate of drug-likeness (QED) is 0.781. The van der Waals surface area contributed by atoms with E-state index in [2.05, 4.69) is 4.98 Å². The first-order chi connectivity index (χ1) is 11.0. The van der Waals surface area contributed by atoms with Gasteiger partial charge in [-0.2, -0.15) is 4.31 Å². The molecule has 0 radical (unpaired) electrons. The van der Waals surface area contributed by atoms with Gasteiger partial charge in [0.2, 0.25) is 10.0 Å². The maximum Gasteiger partial charge on any atom is 0.244 e. The van der Waals surface area contributed by atoms with E-state index in [0.717, 1.165) is 17.7 Å². The van der Waals surface area contributed by atoms with Crippen LogP contribution in [0.5, 0.6) is 0 Å². The fourth-order valence-corrected chi connectivity index (χ4v) is 5.08. The second kappa shape index (κ2) is 6.99. The van der Waals surface area contributed by atoms with Crippen LogP contribution in [0.15, 0.2) is 51.3 Å². The predicted molar refractivity (Wildman–Crippen MR) is 92.8 cm³/mol. The summed E-state index contributed by atoms with van der Waals surface area (Å²) in [6.07, 6.45) is 3.22. The molecule has 1 saturated heterocycles. The van der Waals surface area contributed by atoms with E-state index in [1.807, 2.05) is 0 Å². The Morgan fingerprint density at radius 3 is 2.48 bits per heavy atom. The number of pyridine rings is 1. The summed E-state index contributed by atoms with van der Waals surface area (Å²) in [5.74, 6) is 0. The fourth-order valence-electron chi connectivity index (χ4n) is 2.33. The average Bonchev–Trinajstić information content (AvgIpc) is 3.07. The van der Waals surface area contributed by atoms with E-state index in [1.165, 1.54) is 22.3 Å². The van der Waals surface area contributed by atoms with Gasteiger partial charge in [-0.1, -0.05) is 35.0 Å². The molecule has 1 aromatic carbocycles. The molecule has 0 spiro atoms. The van der Waals surface area contributed by atoms with Crippen LogP contribution >= 0.6 is 35.0 Å². The summed E-state index contributed by atoms with van der Waals surface area (Å²) in [6, 6.07) is 8.46. The first-order valence-corrected chi connectivity index (χ1v) is 10.1. The number of nitrogens with zero attached hydrogens (tertiary/aromatic N) is 2. The molecule has 1 aliphatic heterocycles. The Hall–Kier alpha value is -0.790. The molecule has 0 unspecified atom stereocenters. The molecule has 0 saturated carbocycles. The van der Waals surface area contributed by atoms with Crippen molar-refractivity contribution in [3.63, 3.8) is 0 Å². The number of rotatable bonds is 4. The summed E-state index contributed by atoms with van der Waals surface area (Å²) in [4.78, 5) is 5.24. The average molecular weight is 389 g/mol. The van der Waals surface area contributed by atoms with Gasteiger partial charge < -0.3 is 0 Å². The molecule has 1 fully saturated rings. The van der Waals surface area contributed by atoms with Crippen LogP contribution in [0.2, 0.25) is 10.0 Å². The molecule has 2 heterocycles. The van der Waals surface area contributed by atoms with Gasteiger partial charge in [0.05, 0.1) is 5.02 Å². The minimum atomic E-state index is -3.43. The third-order valence-electron chi connectivity index (χ3n) is 3.52. The zero-order valence-electron chi connectivity index (χ0n) is 12.1. The van der Waals surface area contributed by atoms with Crippen molar-refractivity contribution in [2.45, 2.75) is 27.7 Å². The summed E-state index contributed by atoms with van der Waals surface area (Å²) < 4.78 is 26.4. The van der Waals surface area contributed by atoms with Gasteiger partial charge in [-0.15, -0.1) is 0 Å². The summed E-state index contributed by atoms with van der Waals surface area (Å²) in [5, 5.41) is 1.83. The largest absolute Gasteiger partial charge is 0.248 e. The summed E-state index contributed by atoms with van der Waals surface area (Å²) in [5.41, 5.74) is 0. The van der Waals surface area contributed by atoms with E-state index in [-0.39, 0.29) is 4.90 Å². The Bertz CT molecular complexity index is 805. The number of hydrogen-bond acceptors (Lipinski definition) is 4. The molecule has 122 valence electrons. The lowest BCUT2D eigenvalue weighted by atomic mass is 10.4. The van der Waals surface area contributed by atoms with Gasteiger partial charge in [0.25, 0.3) is 0 Å². The monoisotopic (exact) mass is 388 g/mol. The van der Waals surface area contributed by atoms with Gasteiger partial charge in [0, 0.05) is 29.2 Å². The zero-order valence-corrected chi connectivity index (χ0v) is 15.2. The molecule has 0 atom stereocenters. The van der Waals surface area contributed by atoms with Crippen molar-refractivity contribution in [2.75, 3.05) is 13.1 Å². The fraction of sp³-hybridized carbons (Fsp3) is 0.267.